The highest BCUT2D eigenvalue weighted by Crippen LogP contribution is 2.37. The van der Waals surface area contributed by atoms with Gasteiger partial charge in [-0.3, -0.25) is 0 Å². The second-order valence-corrected chi connectivity index (χ2v) is 3.71. The summed E-state index contributed by atoms with van der Waals surface area (Å²) < 4.78 is 0. The van der Waals surface area contributed by atoms with Crippen molar-refractivity contribution in [2.75, 3.05) is 0 Å². The topological polar surface area (TPSA) is 20.2 Å². The van der Waals surface area contributed by atoms with E-state index in [0.29, 0.717) is 0 Å². The molecule has 0 aliphatic heterocycles. The molecular formula is C11H16O. The van der Waals surface area contributed by atoms with E-state index in [1.165, 1.54) is 0 Å². The molecule has 0 spiro atoms. The van der Waals surface area contributed by atoms with Gasteiger partial charge in [0.25, 0.3) is 0 Å². The van der Waals surface area contributed by atoms with Crippen molar-refractivity contribution in [2.24, 2.45) is 5.92 Å². The van der Waals surface area contributed by atoms with E-state index in [2.05, 4.69) is 12.5 Å². The predicted octanol–water partition coefficient (Wildman–Crippen LogP) is 2.12. The van der Waals surface area contributed by atoms with Crippen molar-refractivity contribution in [3.05, 3.63) is 12.2 Å². The Labute approximate surface area is 74.5 Å². The van der Waals surface area contributed by atoms with Gasteiger partial charge in [-0.1, -0.05) is 24.5 Å². The largest absolute Gasteiger partial charge is 0.377 e. The van der Waals surface area contributed by atoms with Crippen LogP contribution in [0.1, 0.15) is 32.6 Å². The standard InChI is InChI=1S/C11H16O/c1-4-11(12)8-6-5-7-10(11)9(2)3/h1,10,12H,2,5-8H2,3H3. The van der Waals surface area contributed by atoms with Crippen LogP contribution in [-0.2, 0) is 0 Å². The van der Waals surface area contributed by atoms with E-state index in [0.717, 1.165) is 31.3 Å². The highest BCUT2D eigenvalue weighted by molar-refractivity contribution is 5.19. The molecule has 1 saturated carbocycles. The highest BCUT2D eigenvalue weighted by Gasteiger charge is 2.37. The Morgan fingerprint density at radius 3 is 2.75 bits per heavy atom. The van der Waals surface area contributed by atoms with Gasteiger partial charge >= 0.3 is 0 Å². The molecule has 2 unspecified atom stereocenters. The van der Waals surface area contributed by atoms with Gasteiger partial charge in [0.05, 0.1) is 0 Å². The second kappa shape index (κ2) is 3.33. The normalized spacial score (nSPS) is 35.6. The Bertz CT molecular complexity index is 224. The van der Waals surface area contributed by atoms with E-state index >= 15 is 0 Å². The molecule has 0 aromatic rings. The van der Waals surface area contributed by atoms with Crippen LogP contribution in [-0.4, -0.2) is 10.7 Å². The van der Waals surface area contributed by atoms with Gasteiger partial charge in [0.1, 0.15) is 5.60 Å². The van der Waals surface area contributed by atoms with Crippen LogP contribution < -0.4 is 0 Å². The third kappa shape index (κ3) is 1.54. The summed E-state index contributed by atoms with van der Waals surface area (Å²) in [6, 6.07) is 0. The van der Waals surface area contributed by atoms with Crippen LogP contribution in [0.5, 0.6) is 0 Å². The average Bonchev–Trinajstić information content (AvgIpc) is 2.05. The molecule has 0 heterocycles. The summed E-state index contributed by atoms with van der Waals surface area (Å²) in [7, 11) is 0. The molecule has 1 fully saturated rings. The summed E-state index contributed by atoms with van der Waals surface area (Å²) in [4.78, 5) is 0. The minimum absolute atomic E-state index is 0.108. The van der Waals surface area contributed by atoms with Crippen LogP contribution in [0, 0.1) is 18.3 Å². The van der Waals surface area contributed by atoms with Crippen molar-refractivity contribution in [2.45, 2.75) is 38.2 Å². The fourth-order valence-corrected chi connectivity index (χ4v) is 1.98. The van der Waals surface area contributed by atoms with Gasteiger partial charge in [0.15, 0.2) is 0 Å². The van der Waals surface area contributed by atoms with Crippen molar-refractivity contribution in [3.63, 3.8) is 0 Å². The molecule has 12 heavy (non-hydrogen) atoms. The number of rotatable bonds is 1. The SMILES string of the molecule is C#CC1(O)CCCCC1C(=C)C. The smallest absolute Gasteiger partial charge is 0.131 e. The summed E-state index contributed by atoms with van der Waals surface area (Å²) in [6.45, 7) is 5.81. The first-order chi connectivity index (χ1) is 5.60. The van der Waals surface area contributed by atoms with Gasteiger partial charge in [0.2, 0.25) is 0 Å². The third-order valence-electron chi connectivity index (χ3n) is 2.72. The van der Waals surface area contributed by atoms with Crippen molar-refractivity contribution < 1.29 is 5.11 Å². The fourth-order valence-electron chi connectivity index (χ4n) is 1.98. The number of aliphatic hydroxyl groups is 1. The van der Waals surface area contributed by atoms with Crippen molar-refractivity contribution in [3.8, 4) is 12.3 Å². The molecule has 0 radical (unpaired) electrons. The van der Waals surface area contributed by atoms with E-state index in [-0.39, 0.29) is 5.92 Å². The van der Waals surface area contributed by atoms with E-state index in [1.54, 1.807) is 0 Å². The van der Waals surface area contributed by atoms with Crippen molar-refractivity contribution in [1.29, 1.82) is 0 Å². The molecule has 0 amide bonds. The molecule has 1 N–H and O–H groups in total. The minimum Gasteiger partial charge on any atom is -0.377 e. The van der Waals surface area contributed by atoms with E-state index in [1.807, 2.05) is 6.92 Å². The number of terminal acetylenes is 1. The van der Waals surface area contributed by atoms with Crippen molar-refractivity contribution >= 4 is 0 Å². The van der Waals surface area contributed by atoms with Gasteiger partial charge in [-0.2, -0.15) is 0 Å². The third-order valence-corrected chi connectivity index (χ3v) is 2.72. The first-order valence-corrected chi connectivity index (χ1v) is 4.45. The monoisotopic (exact) mass is 164 g/mol. The summed E-state index contributed by atoms with van der Waals surface area (Å²) in [5.74, 6) is 2.61. The molecule has 0 aromatic carbocycles. The number of hydrogen-bond acceptors (Lipinski definition) is 1. The Morgan fingerprint density at radius 2 is 2.33 bits per heavy atom. The summed E-state index contributed by atoms with van der Waals surface area (Å²) in [5, 5.41) is 10.0. The van der Waals surface area contributed by atoms with Crippen LogP contribution in [0.2, 0.25) is 0 Å². The molecule has 1 rings (SSSR count). The van der Waals surface area contributed by atoms with Gasteiger partial charge in [-0.05, 0) is 26.2 Å². The van der Waals surface area contributed by atoms with Crippen LogP contribution in [0.25, 0.3) is 0 Å². The molecule has 2 atom stereocenters. The van der Waals surface area contributed by atoms with Crippen LogP contribution >= 0.6 is 0 Å². The highest BCUT2D eigenvalue weighted by atomic mass is 16.3. The molecule has 66 valence electrons. The Balaban J connectivity index is 2.82. The summed E-state index contributed by atoms with van der Waals surface area (Å²) in [5.41, 5.74) is 0.0968. The van der Waals surface area contributed by atoms with Gasteiger partial charge in [-0.15, -0.1) is 6.42 Å². The molecule has 0 bridgehead atoms. The van der Waals surface area contributed by atoms with Gasteiger partial charge in [0, 0.05) is 5.92 Å². The Hall–Kier alpha value is -0.740. The maximum atomic E-state index is 10.0. The minimum atomic E-state index is -0.913. The zero-order valence-electron chi connectivity index (χ0n) is 7.64. The van der Waals surface area contributed by atoms with E-state index in [4.69, 9.17) is 6.42 Å². The zero-order valence-corrected chi connectivity index (χ0v) is 7.64. The van der Waals surface area contributed by atoms with Crippen LogP contribution in [0.15, 0.2) is 12.2 Å². The average molecular weight is 164 g/mol. The van der Waals surface area contributed by atoms with Crippen LogP contribution in [0.4, 0.5) is 0 Å². The lowest BCUT2D eigenvalue weighted by molar-refractivity contribution is 0.0206. The van der Waals surface area contributed by atoms with E-state index < -0.39 is 5.60 Å². The number of hydrogen-bond donors (Lipinski definition) is 1. The quantitative estimate of drug-likeness (QED) is 0.465. The first-order valence-electron chi connectivity index (χ1n) is 4.45. The fraction of sp³-hybridized carbons (Fsp3) is 0.636. The molecule has 1 heteroatoms. The van der Waals surface area contributed by atoms with Gasteiger partial charge in [-0.25, -0.2) is 0 Å². The lowest BCUT2D eigenvalue weighted by atomic mass is 9.73. The lowest BCUT2D eigenvalue weighted by Crippen LogP contribution is -2.39. The maximum absolute atomic E-state index is 10.0. The molecule has 1 aliphatic carbocycles. The molecule has 1 aliphatic rings. The zero-order chi connectivity index (χ0) is 9.19. The summed E-state index contributed by atoms with van der Waals surface area (Å²) in [6.07, 6.45) is 9.22. The van der Waals surface area contributed by atoms with E-state index in [9.17, 15) is 5.11 Å². The maximum Gasteiger partial charge on any atom is 0.131 e. The van der Waals surface area contributed by atoms with Gasteiger partial charge < -0.3 is 5.11 Å². The second-order valence-electron chi connectivity index (χ2n) is 3.71. The molecular weight excluding hydrogens is 148 g/mol. The lowest BCUT2D eigenvalue weighted by Gasteiger charge is -2.36. The Morgan fingerprint density at radius 1 is 1.67 bits per heavy atom. The summed E-state index contributed by atoms with van der Waals surface area (Å²) >= 11 is 0. The molecule has 0 aromatic heterocycles. The predicted molar refractivity (Wildman–Crippen MR) is 50.6 cm³/mol. The molecule has 0 saturated heterocycles. The first kappa shape index (κ1) is 9.35. The van der Waals surface area contributed by atoms with Crippen molar-refractivity contribution in [1.82, 2.24) is 0 Å². The van der Waals surface area contributed by atoms with Crippen LogP contribution in [0.3, 0.4) is 0 Å². The molecule has 1 nitrogen and oxygen atoms in total. The Kier molecular flexibility index (Phi) is 2.59.